The first kappa shape index (κ1) is 12.7. The third-order valence-corrected chi connectivity index (χ3v) is 3.46. The van der Waals surface area contributed by atoms with Gasteiger partial charge >= 0.3 is 5.97 Å². The smallest absolute Gasteiger partial charge is 0.305 e. The van der Waals surface area contributed by atoms with Crippen molar-refractivity contribution in [2.24, 2.45) is 5.92 Å². The third kappa shape index (κ3) is 2.52. The van der Waals surface area contributed by atoms with E-state index >= 15 is 0 Å². The van der Waals surface area contributed by atoms with E-state index in [1.165, 1.54) is 12.1 Å². The van der Waals surface area contributed by atoms with E-state index in [0.717, 1.165) is 12.8 Å². The zero-order valence-corrected chi connectivity index (χ0v) is 10.6. The van der Waals surface area contributed by atoms with Crippen molar-refractivity contribution >= 4 is 5.97 Å². The summed E-state index contributed by atoms with van der Waals surface area (Å²) in [4.78, 5) is 11.0. The summed E-state index contributed by atoms with van der Waals surface area (Å²) in [7, 11) is 0. The molecular formula is C13H13FN4O2. The van der Waals surface area contributed by atoms with Gasteiger partial charge in [-0.05, 0) is 53.5 Å². The van der Waals surface area contributed by atoms with Crippen LogP contribution >= 0.6 is 0 Å². The summed E-state index contributed by atoms with van der Waals surface area (Å²) in [5, 5.41) is 20.5. The quantitative estimate of drug-likeness (QED) is 0.902. The number of hydrogen-bond acceptors (Lipinski definition) is 4. The van der Waals surface area contributed by atoms with Crippen LogP contribution in [-0.4, -0.2) is 31.3 Å². The largest absolute Gasteiger partial charge is 0.481 e. The number of aromatic nitrogens is 4. The Kier molecular flexibility index (Phi) is 3.17. The lowest BCUT2D eigenvalue weighted by Gasteiger charge is -2.15. The van der Waals surface area contributed by atoms with Crippen LogP contribution in [0.15, 0.2) is 24.3 Å². The van der Waals surface area contributed by atoms with E-state index < -0.39 is 5.97 Å². The van der Waals surface area contributed by atoms with Crippen molar-refractivity contribution in [3.8, 4) is 11.4 Å². The molecule has 3 rings (SSSR count). The van der Waals surface area contributed by atoms with Gasteiger partial charge in [0.25, 0.3) is 0 Å². The molecule has 0 amide bonds. The number of carbonyl (C=O) groups is 1. The number of carboxylic acid groups (broad SMARTS) is 1. The molecule has 0 saturated heterocycles. The summed E-state index contributed by atoms with van der Waals surface area (Å²) in [6.45, 7) is 0. The van der Waals surface area contributed by atoms with Crippen molar-refractivity contribution in [1.29, 1.82) is 0 Å². The first-order valence-electron chi connectivity index (χ1n) is 6.41. The predicted molar refractivity (Wildman–Crippen MR) is 67.2 cm³/mol. The Morgan fingerprint density at radius 1 is 1.40 bits per heavy atom. The Bertz CT molecular complexity index is 622. The lowest BCUT2D eigenvalue weighted by Crippen LogP contribution is -2.18. The molecule has 1 fully saturated rings. The molecule has 1 atom stereocenters. The molecule has 1 heterocycles. The van der Waals surface area contributed by atoms with Gasteiger partial charge in [-0.1, -0.05) is 0 Å². The molecule has 6 nitrogen and oxygen atoms in total. The molecule has 7 heteroatoms. The fourth-order valence-corrected chi connectivity index (χ4v) is 2.32. The highest BCUT2D eigenvalue weighted by molar-refractivity contribution is 5.67. The topological polar surface area (TPSA) is 80.9 Å². The lowest BCUT2D eigenvalue weighted by molar-refractivity contribution is -0.138. The Hall–Kier alpha value is -2.31. The SMILES string of the molecule is O=C(O)CC(C1CC1)n1nnnc1-c1ccc(F)cc1. The number of rotatable bonds is 5. The van der Waals surface area contributed by atoms with E-state index in [1.54, 1.807) is 16.8 Å². The van der Waals surface area contributed by atoms with Gasteiger partial charge in [0.05, 0.1) is 12.5 Å². The summed E-state index contributed by atoms with van der Waals surface area (Å²) in [5.41, 5.74) is 0.674. The second kappa shape index (κ2) is 4.99. The van der Waals surface area contributed by atoms with Gasteiger partial charge < -0.3 is 5.11 Å². The van der Waals surface area contributed by atoms with Crippen LogP contribution in [0.4, 0.5) is 4.39 Å². The van der Waals surface area contributed by atoms with Crippen molar-refractivity contribution in [3.63, 3.8) is 0 Å². The van der Waals surface area contributed by atoms with Gasteiger partial charge in [-0.3, -0.25) is 4.79 Å². The number of tetrazole rings is 1. The molecule has 1 aliphatic carbocycles. The minimum absolute atomic E-state index is 0.0100. The predicted octanol–water partition coefficient (Wildman–Crippen LogP) is 1.90. The van der Waals surface area contributed by atoms with Crippen LogP contribution in [0, 0.1) is 11.7 Å². The Morgan fingerprint density at radius 3 is 2.70 bits per heavy atom. The molecule has 0 radical (unpaired) electrons. The van der Waals surface area contributed by atoms with Crippen molar-refractivity contribution in [2.75, 3.05) is 0 Å². The zero-order chi connectivity index (χ0) is 14.1. The van der Waals surface area contributed by atoms with Crippen molar-refractivity contribution in [3.05, 3.63) is 30.1 Å². The van der Waals surface area contributed by atoms with E-state index in [1.807, 2.05) is 0 Å². The van der Waals surface area contributed by atoms with Crippen LogP contribution in [0.2, 0.25) is 0 Å². The number of halogens is 1. The van der Waals surface area contributed by atoms with E-state index in [2.05, 4.69) is 15.5 Å². The highest BCUT2D eigenvalue weighted by atomic mass is 19.1. The fraction of sp³-hybridized carbons (Fsp3) is 0.385. The molecule has 1 N–H and O–H groups in total. The average Bonchev–Trinajstić information content (AvgIpc) is 3.14. The number of hydrogen-bond donors (Lipinski definition) is 1. The molecule has 104 valence electrons. The highest BCUT2D eigenvalue weighted by Gasteiger charge is 2.36. The van der Waals surface area contributed by atoms with Crippen LogP contribution in [-0.2, 0) is 4.79 Å². The van der Waals surface area contributed by atoms with Gasteiger partial charge in [-0.25, -0.2) is 9.07 Å². The standard InChI is InChI=1S/C13H13FN4O2/c14-10-5-3-9(4-6-10)13-15-16-17-18(13)11(7-12(19)20)8-1-2-8/h3-6,8,11H,1-2,7H2,(H,19,20). The minimum atomic E-state index is -0.873. The molecule has 1 unspecified atom stereocenters. The van der Waals surface area contributed by atoms with Gasteiger partial charge in [-0.2, -0.15) is 0 Å². The molecule has 1 saturated carbocycles. The molecular weight excluding hydrogens is 263 g/mol. The summed E-state index contributed by atoms with van der Waals surface area (Å²) in [6.07, 6.45) is 1.96. The Labute approximate surface area is 114 Å². The zero-order valence-electron chi connectivity index (χ0n) is 10.6. The number of nitrogens with zero attached hydrogens (tertiary/aromatic N) is 4. The first-order chi connectivity index (χ1) is 9.65. The van der Waals surface area contributed by atoms with Gasteiger partial charge in [0.15, 0.2) is 5.82 Å². The number of carboxylic acids is 1. The van der Waals surface area contributed by atoms with E-state index in [-0.39, 0.29) is 18.3 Å². The van der Waals surface area contributed by atoms with Gasteiger partial charge in [0, 0.05) is 5.56 Å². The van der Waals surface area contributed by atoms with E-state index in [0.29, 0.717) is 17.3 Å². The summed E-state index contributed by atoms with van der Waals surface area (Å²) in [6, 6.07) is 5.59. The molecule has 2 aromatic rings. The molecule has 1 aromatic heterocycles. The van der Waals surface area contributed by atoms with E-state index in [4.69, 9.17) is 5.11 Å². The summed E-state index contributed by atoms with van der Waals surface area (Å²) >= 11 is 0. The normalized spacial score (nSPS) is 16.1. The van der Waals surface area contributed by atoms with Crippen LogP contribution in [0.1, 0.15) is 25.3 Å². The molecule has 1 aromatic carbocycles. The Balaban J connectivity index is 1.95. The van der Waals surface area contributed by atoms with Gasteiger partial charge in [0.2, 0.25) is 0 Å². The summed E-state index contributed by atoms with van der Waals surface area (Å²) < 4.78 is 14.5. The molecule has 0 bridgehead atoms. The first-order valence-corrected chi connectivity index (χ1v) is 6.41. The van der Waals surface area contributed by atoms with Crippen LogP contribution in [0.5, 0.6) is 0 Å². The number of benzene rings is 1. The maximum Gasteiger partial charge on any atom is 0.305 e. The van der Waals surface area contributed by atoms with E-state index in [9.17, 15) is 9.18 Å². The maximum atomic E-state index is 13.0. The van der Waals surface area contributed by atoms with Gasteiger partial charge in [0.1, 0.15) is 5.82 Å². The second-order valence-electron chi connectivity index (χ2n) is 4.96. The van der Waals surface area contributed by atoms with Gasteiger partial charge in [-0.15, -0.1) is 5.10 Å². The highest BCUT2D eigenvalue weighted by Crippen LogP contribution is 2.42. The van der Waals surface area contributed by atoms with Crippen LogP contribution in [0.25, 0.3) is 11.4 Å². The average molecular weight is 276 g/mol. The monoisotopic (exact) mass is 276 g/mol. The van der Waals surface area contributed by atoms with Crippen molar-refractivity contribution < 1.29 is 14.3 Å². The minimum Gasteiger partial charge on any atom is -0.481 e. The third-order valence-electron chi connectivity index (χ3n) is 3.46. The van der Waals surface area contributed by atoms with Crippen LogP contribution in [0.3, 0.4) is 0 Å². The molecule has 0 spiro atoms. The molecule has 0 aliphatic heterocycles. The van der Waals surface area contributed by atoms with Crippen molar-refractivity contribution in [2.45, 2.75) is 25.3 Å². The lowest BCUT2D eigenvalue weighted by atomic mass is 10.1. The number of aliphatic carboxylic acids is 1. The summed E-state index contributed by atoms with van der Waals surface area (Å²) in [5.74, 6) is -0.434. The second-order valence-corrected chi connectivity index (χ2v) is 4.96. The maximum absolute atomic E-state index is 13.0. The molecule has 20 heavy (non-hydrogen) atoms. The fourth-order valence-electron chi connectivity index (χ4n) is 2.32. The Morgan fingerprint density at radius 2 is 2.10 bits per heavy atom. The van der Waals surface area contributed by atoms with Crippen LogP contribution < -0.4 is 0 Å². The van der Waals surface area contributed by atoms with Crippen molar-refractivity contribution in [1.82, 2.24) is 20.2 Å². The molecule has 1 aliphatic rings.